The molecule has 1 aliphatic heterocycles. The minimum atomic E-state index is -0.214. The number of hydrogen-bond donors (Lipinski definition) is 1. The molecule has 1 fully saturated rings. The van der Waals surface area contributed by atoms with Gasteiger partial charge in [-0.15, -0.1) is 0 Å². The Hall–Kier alpha value is -2.20. The first-order valence-electron chi connectivity index (χ1n) is 10.4. The fourth-order valence-electron chi connectivity index (χ4n) is 4.71. The highest BCUT2D eigenvalue weighted by atomic mass is 19.1. The summed E-state index contributed by atoms with van der Waals surface area (Å²) >= 11 is 0. The molecule has 4 heteroatoms. The Morgan fingerprint density at radius 2 is 1.64 bits per heavy atom. The van der Waals surface area contributed by atoms with E-state index in [1.807, 2.05) is 44.2 Å². The summed E-state index contributed by atoms with van der Waals surface area (Å²) < 4.78 is 14.1. The van der Waals surface area contributed by atoms with E-state index >= 15 is 0 Å². The Kier molecular flexibility index (Phi) is 6.50. The Labute approximate surface area is 168 Å². The first kappa shape index (κ1) is 20.5. The summed E-state index contributed by atoms with van der Waals surface area (Å²) in [6.07, 6.45) is 4.28. The van der Waals surface area contributed by atoms with E-state index in [-0.39, 0.29) is 17.8 Å². The lowest BCUT2D eigenvalue weighted by Crippen LogP contribution is -2.61. The number of carbonyl (C=O) groups excluding carboxylic acids is 1. The lowest BCUT2D eigenvalue weighted by molar-refractivity contribution is -0.959. The van der Waals surface area contributed by atoms with Crippen LogP contribution in [0.15, 0.2) is 42.5 Å². The van der Waals surface area contributed by atoms with Gasteiger partial charge in [-0.05, 0) is 56.4 Å². The van der Waals surface area contributed by atoms with Crippen LogP contribution in [0.1, 0.15) is 49.3 Å². The Morgan fingerprint density at radius 1 is 1.04 bits per heavy atom. The molecule has 1 aliphatic rings. The first-order chi connectivity index (χ1) is 13.4. The molecular formula is C24H32FN2O+. The van der Waals surface area contributed by atoms with Gasteiger partial charge in [0.25, 0.3) is 5.91 Å². The third-order valence-electron chi connectivity index (χ3n) is 6.20. The van der Waals surface area contributed by atoms with Crippen molar-refractivity contribution in [1.82, 2.24) is 0 Å². The zero-order chi connectivity index (χ0) is 20.1. The number of carbonyl (C=O) groups is 1. The minimum absolute atomic E-state index is 0.101. The molecule has 0 aromatic heterocycles. The molecule has 0 radical (unpaired) electrons. The fourth-order valence-corrected chi connectivity index (χ4v) is 4.71. The second-order valence-corrected chi connectivity index (χ2v) is 8.19. The number of amides is 1. The van der Waals surface area contributed by atoms with Crippen LogP contribution >= 0.6 is 0 Å². The van der Waals surface area contributed by atoms with Crippen molar-refractivity contribution < 1.29 is 13.7 Å². The van der Waals surface area contributed by atoms with Crippen LogP contribution in [0.3, 0.4) is 0 Å². The minimum Gasteiger partial charge on any atom is -0.320 e. The van der Waals surface area contributed by atoms with Gasteiger partial charge in [-0.2, -0.15) is 0 Å². The van der Waals surface area contributed by atoms with Crippen molar-refractivity contribution in [3.8, 4) is 0 Å². The van der Waals surface area contributed by atoms with Crippen LogP contribution in [0.2, 0.25) is 0 Å². The standard InChI is InChI=1S/C24H31FN2O/c1-4-22(24(28)26-23-18(2)9-8-10-19(23)3)27(15-6-5-7-16-27)17-20-11-13-21(25)14-12-20/h8-14,22H,4-7,15-17H2,1-3H3/p+1. The molecule has 0 bridgehead atoms. The van der Waals surface area contributed by atoms with E-state index in [9.17, 15) is 9.18 Å². The molecule has 3 rings (SSSR count). The number of nitrogens with zero attached hydrogens (tertiary/aromatic N) is 1. The number of rotatable bonds is 6. The van der Waals surface area contributed by atoms with Crippen molar-refractivity contribution in [2.24, 2.45) is 0 Å². The van der Waals surface area contributed by atoms with E-state index in [0.717, 1.165) is 65.8 Å². The third-order valence-corrected chi connectivity index (χ3v) is 6.20. The summed E-state index contributed by atoms with van der Waals surface area (Å²) in [5.41, 5.74) is 4.21. The van der Waals surface area contributed by atoms with Gasteiger partial charge in [0.2, 0.25) is 0 Å². The number of benzene rings is 2. The highest BCUT2D eigenvalue weighted by molar-refractivity contribution is 5.95. The summed E-state index contributed by atoms with van der Waals surface area (Å²) in [7, 11) is 0. The maximum atomic E-state index is 13.4. The molecule has 0 aliphatic carbocycles. The normalized spacial score (nSPS) is 17.1. The Balaban J connectivity index is 1.88. The number of hydrogen-bond acceptors (Lipinski definition) is 1. The third kappa shape index (κ3) is 4.44. The predicted octanol–water partition coefficient (Wildman–Crippen LogP) is 5.36. The number of halogens is 1. The van der Waals surface area contributed by atoms with E-state index in [4.69, 9.17) is 0 Å². The Bertz CT molecular complexity index is 790. The fraction of sp³-hybridized carbons (Fsp3) is 0.458. The van der Waals surface area contributed by atoms with Crippen molar-refractivity contribution in [3.05, 3.63) is 65.0 Å². The number of quaternary nitrogens is 1. The monoisotopic (exact) mass is 383 g/mol. The maximum Gasteiger partial charge on any atom is 0.282 e. The van der Waals surface area contributed by atoms with E-state index in [1.54, 1.807) is 0 Å². The van der Waals surface area contributed by atoms with Gasteiger partial charge >= 0.3 is 0 Å². The molecule has 3 nitrogen and oxygen atoms in total. The van der Waals surface area contributed by atoms with Crippen molar-refractivity contribution >= 4 is 11.6 Å². The van der Waals surface area contributed by atoms with Crippen molar-refractivity contribution in [1.29, 1.82) is 0 Å². The quantitative estimate of drug-likeness (QED) is 0.669. The van der Waals surface area contributed by atoms with E-state index in [0.29, 0.717) is 0 Å². The maximum absolute atomic E-state index is 13.4. The van der Waals surface area contributed by atoms with Crippen LogP contribution in [0.5, 0.6) is 0 Å². The summed E-state index contributed by atoms with van der Waals surface area (Å²) in [5.74, 6) is -0.113. The number of piperidine rings is 1. The first-order valence-corrected chi connectivity index (χ1v) is 10.4. The van der Waals surface area contributed by atoms with Crippen molar-refractivity contribution in [2.75, 3.05) is 18.4 Å². The van der Waals surface area contributed by atoms with Gasteiger partial charge in [-0.1, -0.05) is 37.3 Å². The molecule has 0 spiro atoms. The van der Waals surface area contributed by atoms with Gasteiger partial charge in [0, 0.05) is 17.7 Å². The highest BCUT2D eigenvalue weighted by Crippen LogP contribution is 2.30. The SMILES string of the molecule is CCC(C(=O)Nc1c(C)cccc1C)[N+]1(Cc2ccc(F)cc2)CCCCC1. The smallest absolute Gasteiger partial charge is 0.282 e. The van der Waals surface area contributed by atoms with Crippen LogP contribution < -0.4 is 5.32 Å². The predicted molar refractivity (Wildman–Crippen MR) is 113 cm³/mol. The zero-order valence-corrected chi connectivity index (χ0v) is 17.3. The summed E-state index contributed by atoms with van der Waals surface area (Å²) in [6.45, 7) is 8.94. The molecular weight excluding hydrogens is 351 g/mol. The largest absolute Gasteiger partial charge is 0.320 e. The summed E-state index contributed by atoms with van der Waals surface area (Å²) in [6, 6.07) is 12.7. The van der Waals surface area contributed by atoms with Crippen molar-refractivity contribution in [2.45, 2.75) is 59.0 Å². The van der Waals surface area contributed by atoms with Gasteiger partial charge < -0.3 is 9.80 Å². The van der Waals surface area contributed by atoms with Gasteiger partial charge in [-0.25, -0.2) is 4.39 Å². The van der Waals surface area contributed by atoms with Crippen LogP contribution in [-0.2, 0) is 11.3 Å². The number of anilines is 1. The van der Waals surface area contributed by atoms with E-state index in [2.05, 4.69) is 12.2 Å². The zero-order valence-electron chi connectivity index (χ0n) is 17.3. The summed E-state index contributed by atoms with van der Waals surface area (Å²) in [5, 5.41) is 3.23. The molecule has 0 saturated carbocycles. The summed E-state index contributed by atoms with van der Waals surface area (Å²) in [4.78, 5) is 13.4. The van der Waals surface area contributed by atoms with Crippen molar-refractivity contribution in [3.63, 3.8) is 0 Å². The number of aryl methyl sites for hydroxylation is 2. The van der Waals surface area contributed by atoms with E-state index < -0.39 is 0 Å². The lowest BCUT2D eigenvalue weighted by Gasteiger charge is -2.46. The number of nitrogens with one attached hydrogen (secondary N) is 1. The van der Waals surface area contributed by atoms with E-state index in [1.165, 1.54) is 18.6 Å². The second-order valence-electron chi connectivity index (χ2n) is 8.19. The molecule has 2 aromatic rings. The van der Waals surface area contributed by atoms with Gasteiger partial charge in [-0.3, -0.25) is 4.79 Å². The molecule has 1 amide bonds. The molecule has 28 heavy (non-hydrogen) atoms. The Morgan fingerprint density at radius 3 is 2.21 bits per heavy atom. The molecule has 1 unspecified atom stereocenters. The molecule has 1 saturated heterocycles. The van der Waals surface area contributed by atoms with Crippen LogP contribution in [-0.4, -0.2) is 29.5 Å². The second kappa shape index (κ2) is 8.87. The molecule has 1 heterocycles. The number of likely N-dealkylation sites (tertiary alicyclic amines) is 1. The molecule has 150 valence electrons. The average Bonchev–Trinajstić information content (AvgIpc) is 2.68. The average molecular weight is 384 g/mol. The topological polar surface area (TPSA) is 29.1 Å². The highest BCUT2D eigenvalue weighted by Gasteiger charge is 2.42. The van der Waals surface area contributed by atoms with Gasteiger partial charge in [0.15, 0.2) is 6.04 Å². The number of para-hydroxylation sites is 1. The molecule has 1 atom stereocenters. The van der Waals surface area contributed by atoms with Gasteiger partial charge in [0.05, 0.1) is 13.1 Å². The molecule has 2 aromatic carbocycles. The van der Waals surface area contributed by atoms with Crippen LogP contribution in [0.25, 0.3) is 0 Å². The lowest BCUT2D eigenvalue weighted by atomic mass is 9.98. The van der Waals surface area contributed by atoms with Crippen LogP contribution in [0.4, 0.5) is 10.1 Å². The van der Waals surface area contributed by atoms with Crippen LogP contribution in [0, 0.1) is 19.7 Å². The van der Waals surface area contributed by atoms with Gasteiger partial charge in [0.1, 0.15) is 12.4 Å². The molecule has 1 N–H and O–H groups in total.